The first-order valence-corrected chi connectivity index (χ1v) is 9.26. The maximum Gasteiger partial charge on any atom is 0.240 e. The number of sulfonamides is 1. The second-order valence-electron chi connectivity index (χ2n) is 5.69. The molecule has 1 saturated carbocycles. The smallest absolute Gasteiger partial charge is 0.240 e. The second-order valence-corrected chi connectivity index (χ2v) is 7.84. The van der Waals surface area contributed by atoms with E-state index in [4.69, 9.17) is 11.6 Å². The summed E-state index contributed by atoms with van der Waals surface area (Å²) in [6.07, 6.45) is 6.61. The fourth-order valence-corrected chi connectivity index (χ4v) is 4.25. The Kier molecular flexibility index (Phi) is 6.05. The number of aliphatic hydroxyl groups is 1. The zero-order valence-corrected chi connectivity index (χ0v) is 13.5. The SMILES string of the molecule is O=S(=O)(N[C@H](CO)CC1CCCCC1)c1ccc(Cl)cc1. The van der Waals surface area contributed by atoms with E-state index >= 15 is 0 Å². The van der Waals surface area contributed by atoms with Crippen LogP contribution >= 0.6 is 11.6 Å². The van der Waals surface area contributed by atoms with E-state index in [0.29, 0.717) is 17.4 Å². The Morgan fingerprint density at radius 1 is 1.19 bits per heavy atom. The molecule has 2 N–H and O–H groups in total. The molecule has 21 heavy (non-hydrogen) atoms. The van der Waals surface area contributed by atoms with Gasteiger partial charge in [-0.2, -0.15) is 0 Å². The molecular formula is C15H22ClNO3S. The lowest BCUT2D eigenvalue weighted by Gasteiger charge is -2.26. The summed E-state index contributed by atoms with van der Waals surface area (Å²) in [4.78, 5) is 0.175. The zero-order valence-electron chi connectivity index (χ0n) is 12.0. The van der Waals surface area contributed by atoms with Crippen LogP contribution in [0, 0.1) is 5.92 Å². The lowest BCUT2D eigenvalue weighted by molar-refractivity contribution is 0.218. The molecule has 1 aliphatic carbocycles. The van der Waals surface area contributed by atoms with Gasteiger partial charge in [0.1, 0.15) is 0 Å². The summed E-state index contributed by atoms with van der Waals surface area (Å²) in [5, 5.41) is 9.96. The number of aliphatic hydroxyl groups excluding tert-OH is 1. The average molecular weight is 332 g/mol. The van der Waals surface area contributed by atoms with E-state index in [0.717, 1.165) is 12.8 Å². The highest BCUT2D eigenvalue weighted by Gasteiger charge is 2.23. The molecule has 0 spiro atoms. The van der Waals surface area contributed by atoms with Crippen LogP contribution in [-0.4, -0.2) is 26.2 Å². The lowest BCUT2D eigenvalue weighted by atomic mass is 9.85. The molecule has 0 bridgehead atoms. The van der Waals surface area contributed by atoms with Crippen LogP contribution < -0.4 is 4.72 Å². The maximum atomic E-state index is 12.3. The molecule has 1 aromatic carbocycles. The van der Waals surface area contributed by atoms with E-state index in [9.17, 15) is 13.5 Å². The van der Waals surface area contributed by atoms with Gasteiger partial charge in [0, 0.05) is 11.1 Å². The molecule has 4 nitrogen and oxygen atoms in total. The van der Waals surface area contributed by atoms with E-state index in [1.807, 2.05) is 0 Å². The summed E-state index contributed by atoms with van der Waals surface area (Å²) in [6.45, 7) is -0.177. The fourth-order valence-electron chi connectivity index (χ4n) is 2.89. The minimum absolute atomic E-state index is 0.175. The number of halogens is 1. The van der Waals surface area contributed by atoms with Crippen LogP contribution in [0.3, 0.4) is 0 Å². The summed E-state index contributed by atoms with van der Waals surface area (Å²) in [6, 6.07) is 5.62. The number of nitrogens with one attached hydrogen (secondary N) is 1. The van der Waals surface area contributed by atoms with Crippen molar-refractivity contribution in [3.8, 4) is 0 Å². The normalized spacial score (nSPS) is 18.6. The molecule has 0 saturated heterocycles. The van der Waals surface area contributed by atoms with E-state index < -0.39 is 16.1 Å². The van der Waals surface area contributed by atoms with E-state index in [2.05, 4.69) is 4.72 Å². The van der Waals surface area contributed by atoms with Crippen molar-refractivity contribution >= 4 is 21.6 Å². The van der Waals surface area contributed by atoms with Crippen molar-refractivity contribution in [1.29, 1.82) is 0 Å². The van der Waals surface area contributed by atoms with Crippen LogP contribution in [0.1, 0.15) is 38.5 Å². The highest BCUT2D eigenvalue weighted by atomic mass is 35.5. The Balaban J connectivity index is 2.00. The molecule has 118 valence electrons. The van der Waals surface area contributed by atoms with Gasteiger partial charge in [-0.15, -0.1) is 0 Å². The molecule has 1 aliphatic rings. The molecule has 0 aliphatic heterocycles. The van der Waals surface area contributed by atoms with Gasteiger partial charge in [0.15, 0.2) is 0 Å². The minimum Gasteiger partial charge on any atom is -0.395 e. The molecule has 0 aromatic heterocycles. The third kappa shape index (κ3) is 4.95. The molecule has 0 unspecified atom stereocenters. The maximum absolute atomic E-state index is 12.3. The van der Waals surface area contributed by atoms with Gasteiger partial charge in [-0.05, 0) is 36.6 Å². The summed E-state index contributed by atoms with van der Waals surface area (Å²) in [5.41, 5.74) is 0. The first kappa shape index (κ1) is 16.7. The Morgan fingerprint density at radius 2 is 1.81 bits per heavy atom. The Bertz CT molecular complexity index is 539. The van der Waals surface area contributed by atoms with Crippen LogP contribution in [0.5, 0.6) is 0 Å². The standard InChI is InChI=1S/C15H22ClNO3S/c16-13-6-8-15(9-7-13)21(19,20)17-14(11-18)10-12-4-2-1-3-5-12/h6-9,12,14,17-18H,1-5,10-11H2/t14-/m0/s1. The fraction of sp³-hybridized carbons (Fsp3) is 0.600. The van der Waals surface area contributed by atoms with E-state index in [1.165, 1.54) is 31.4 Å². The van der Waals surface area contributed by atoms with Crippen molar-refractivity contribution < 1.29 is 13.5 Å². The monoisotopic (exact) mass is 331 g/mol. The van der Waals surface area contributed by atoms with Crippen molar-refractivity contribution in [1.82, 2.24) is 4.72 Å². The zero-order chi connectivity index (χ0) is 15.3. The van der Waals surface area contributed by atoms with Crippen molar-refractivity contribution in [3.63, 3.8) is 0 Å². The summed E-state index contributed by atoms with van der Waals surface area (Å²) in [7, 11) is -3.61. The third-order valence-electron chi connectivity index (χ3n) is 4.01. The van der Waals surface area contributed by atoms with Gasteiger partial charge in [0.2, 0.25) is 10.0 Å². The molecule has 0 radical (unpaired) electrons. The van der Waals surface area contributed by atoms with Crippen molar-refractivity contribution in [3.05, 3.63) is 29.3 Å². The lowest BCUT2D eigenvalue weighted by Crippen LogP contribution is -2.39. The van der Waals surface area contributed by atoms with Crippen LogP contribution in [0.2, 0.25) is 5.02 Å². The topological polar surface area (TPSA) is 66.4 Å². The molecule has 1 aromatic rings. The van der Waals surface area contributed by atoms with Crippen molar-refractivity contribution in [2.45, 2.75) is 49.5 Å². The predicted octanol–water partition coefficient (Wildman–Crippen LogP) is 2.95. The van der Waals surface area contributed by atoms with Crippen LogP contribution in [-0.2, 0) is 10.0 Å². The van der Waals surface area contributed by atoms with Crippen LogP contribution in [0.4, 0.5) is 0 Å². The predicted molar refractivity (Wildman–Crippen MR) is 83.8 cm³/mol. The molecular weight excluding hydrogens is 310 g/mol. The number of hydrogen-bond acceptors (Lipinski definition) is 3. The van der Waals surface area contributed by atoms with Gasteiger partial charge in [-0.3, -0.25) is 0 Å². The molecule has 0 amide bonds. The number of hydrogen-bond donors (Lipinski definition) is 2. The third-order valence-corrected chi connectivity index (χ3v) is 5.80. The van der Waals surface area contributed by atoms with Gasteiger partial charge >= 0.3 is 0 Å². The Labute approximate surface area is 131 Å². The number of rotatable bonds is 6. The van der Waals surface area contributed by atoms with Crippen molar-refractivity contribution in [2.24, 2.45) is 5.92 Å². The van der Waals surface area contributed by atoms with Gasteiger partial charge in [-0.25, -0.2) is 13.1 Å². The molecule has 6 heteroatoms. The summed E-state index contributed by atoms with van der Waals surface area (Å²) >= 11 is 5.77. The van der Waals surface area contributed by atoms with Crippen LogP contribution in [0.25, 0.3) is 0 Å². The minimum atomic E-state index is -3.61. The van der Waals surface area contributed by atoms with Gasteiger partial charge in [0.05, 0.1) is 11.5 Å². The highest BCUT2D eigenvalue weighted by molar-refractivity contribution is 7.89. The second kappa shape index (κ2) is 7.58. The van der Waals surface area contributed by atoms with E-state index in [-0.39, 0.29) is 11.5 Å². The summed E-state index contributed by atoms with van der Waals surface area (Å²) < 4.78 is 27.2. The Morgan fingerprint density at radius 3 is 2.38 bits per heavy atom. The average Bonchev–Trinajstić information content (AvgIpc) is 2.48. The van der Waals surface area contributed by atoms with Gasteiger partial charge in [-0.1, -0.05) is 43.7 Å². The first-order chi connectivity index (χ1) is 10.0. The van der Waals surface area contributed by atoms with E-state index in [1.54, 1.807) is 12.1 Å². The first-order valence-electron chi connectivity index (χ1n) is 7.40. The van der Waals surface area contributed by atoms with Gasteiger partial charge in [0.25, 0.3) is 0 Å². The molecule has 1 atom stereocenters. The summed E-state index contributed by atoms with van der Waals surface area (Å²) in [5.74, 6) is 0.504. The van der Waals surface area contributed by atoms with Crippen molar-refractivity contribution in [2.75, 3.05) is 6.61 Å². The largest absolute Gasteiger partial charge is 0.395 e. The quantitative estimate of drug-likeness (QED) is 0.842. The van der Waals surface area contributed by atoms with Gasteiger partial charge < -0.3 is 5.11 Å². The molecule has 0 heterocycles. The highest BCUT2D eigenvalue weighted by Crippen LogP contribution is 2.27. The molecule has 1 fully saturated rings. The van der Waals surface area contributed by atoms with Crippen LogP contribution in [0.15, 0.2) is 29.2 Å². The Hall–Kier alpha value is -0.620. The number of benzene rings is 1. The molecule has 2 rings (SSSR count).